The van der Waals surface area contributed by atoms with Gasteiger partial charge in [0.05, 0.1) is 11.4 Å². The summed E-state index contributed by atoms with van der Waals surface area (Å²) in [5.41, 5.74) is 48.8. The van der Waals surface area contributed by atoms with Gasteiger partial charge in [-0.2, -0.15) is 0 Å². The number of para-hydroxylation sites is 2. The summed E-state index contributed by atoms with van der Waals surface area (Å²) in [7, 11) is 0. The van der Waals surface area contributed by atoms with E-state index in [-0.39, 0.29) is 34.2 Å². The molecule has 0 spiro atoms. The highest BCUT2D eigenvalue weighted by Crippen LogP contribution is 2.55. The van der Waals surface area contributed by atoms with Crippen LogP contribution in [0.4, 0.5) is 57.1 Å². The zero-order valence-corrected chi connectivity index (χ0v) is 81.4. The van der Waals surface area contributed by atoms with Crippen LogP contribution in [0, 0.1) is 0 Å². The van der Waals surface area contributed by atoms with E-state index in [2.05, 4.69) is 494 Å². The summed E-state index contributed by atoms with van der Waals surface area (Å²) in [6.07, 6.45) is 15.6. The van der Waals surface area contributed by atoms with Gasteiger partial charge in [0.2, 0.25) is 0 Å². The molecule has 0 amide bonds. The number of benzene rings is 20. The molecule has 0 saturated heterocycles. The lowest BCUT2D eigenvalue weighted by atomic mass is 9.43. The lowest BCUT2D eigenvalue weighted by Crippen LogP contribution is -2.59. The van der Waals surface area contributed by atoms with Crippen molar-refractivity contribution in [1.29, 1.82) is 0 Å². The zero-order chi connectivity index (χ0) is 98.3. The van der Waals surface area contributed by atoms with Crippen molar-refractivity contribution in [1.82, 2.24) is 24.9 Å². The smallest absolute Gasteiger partial charge is 0.330 e. The standard InChI is InChI=1S/5C27H17BN2/c1-2-9-19-17-25-23(16-18(19)8-1)21-11-4-6-14-26(21)30-27-22(12-7-15-29-27)20-10-3-5-13-24(20)28(25)30;1-2-9-19-17-26-23(16-18(19)8-1)21-11-4-6-14-25(21)28-24-13-5-3-10-20(24)22-12-7-15-29-27(22)30(26)28;1-2-8-19-16-25-23(15-18(19)7-1)21-10-4-6-12-26(21)30-27-17-29-14-13-22(27)20-9-3-5-11-24(20)28(25)30;1-2-8-19-16-26-23(15-18(19)7-1)21-10-4-6-12-25(21)28-24-11-5-3-9-20(24)22-13-14-29-17-27(22)30(26)28;1-2-8-19-18(7-1)13-14-22-20-9-3-5-11-24(20)28-25-12-6-4-10-21(25)23-17-29-16-15-26(23)30(28)27(19)22/h5*1-17H. The maximum Gasteiger partial charge on any atom is 0.330 e. The van der Waals surface area contributed by atoms with Gasteiger partial charge in [-0.1, -0.05) is 376 Å². The molecule has 10 aliphatic heterocycles. The van der Waals surface area contributed by atoms with Gasteiger partial charge in [-0.3, -0.25) is 15.0 Å². The van der Waals surface area contributed by atoms with Crippen LogP contribution < -0.4 is 78.7 Å². The Morgan fingerprint density at radius 3 is 0.860 bits per heavy atom. The fourth-order valence-corrected chi connectivity index (χ4v) is 26.3. The Morgan fingerprint density at radius 1 is 0.140 bits per heavy atom. The van der Waals surface area contributed by atoms with E-state index in [1.807, 2.05) is 61.7 Å². The predicted molar refractivity (Wildman–Crippen MR) is 631 cm³/mol. The summed E-state index contributed by atoms with van der Waals surface area (Å²) < 4.78 is 0. The Kier molecular flexibility index (Phi) is 19.4. The van der Waals surface area contributed by atoms with Crippen LogP contribution in [-0.2, 0) is 0 Å². The van der Waals surface area contributed by atoms with Gasteiger partial charge in [-0.15, -0.1) is 0 Å². The molecular formula is C135H85B5N10. The lowest BCUT2D eigenvalue weighted by molar-refractivity contribution is 1.22. The normalized spacial score (nSPS) is 13.2. The average Bonchev–Trinajstić information content (AvgIpc) is 0.720. The molecule has 5 aromatic heterocycles. The lowest BCUT2D eigenvalue weighted by Gasteiger charge is -2.43. The topological polar surface area (TPSA) is 80.7 Å². The quantitative estimate of drug-likeness (QED) is 0.137. The molecule has 10 nitrogen and oxygen atoms in total. The number of aromatic nitrogens is 5. The molecule has 35 rings (SSSR count). The van der Waals surface area contributed by atoms with Crippen molar-refractivity contribution in [2.45, 2.75) is 0 Å². The largest absolute Gasteiger partial charge is 0.375 e. The maximum absolute atomic E-state index is 4.88. The van der Waals surface area contributed by atoms with Crippen molar-refractivity contribution in [3.63, 3.8) is 0 Å². The molecule has 0 aliphatic carbocycles. The first-order valence-electron chi connectivity index (χ1n) is 51.8. The highest BCUT2D eigenvalue weighted by atomic mass is 15.2. The van der Waals surface area contributed by atoms with Gasteiger partial charge < -0.3 is 24.1 Å². The van der Waals surface area contributed by atoms with Crippen LogP contribution in [0.1, 0.15) is 0 Å². The molecule has 0 bridgehead atoms. The van der Waals surface area contributed by atoms with Crippen molar-refractivity contribution < 1.29 is 0 Å². The van der Waals surface area contributed by atoms with Crippen LogP contribution in [0.25, 0.3) is 165 Å². The van der Waals surface area contributed by atoms with Crippen LogP contribution >= 0.6 is 0 Å². The monoisotopic (exact) mass is 1900 g/mol. The van der Waals surface area contributed by atoms with Crippen LogP contribution in [0.15, 0.2) is 517 Å². The number of hydrogen-bond donors (Lipinski definition) is 0. The molecule has 0 atom stereocenters. The van der Waals surface area contributed by atoms with E-state index in [4.69, 9.17) is 9.97 Å². The average molecular weight is 1900 g/mol. The first kappa shape index (κ1) is 85.2. The van der Waals surface area contributed by atoms with E-state index >= 15 is 0 Å². The summed E-state index contributed by atoms with van der Waals surface area (Å²) in [5.74, 6) is 2.07. The summed E-state index contributed by atoms with van der Waals surface area (Å²) in [5, 5.41) is 12.7. The maximum atomic E-state index is 4.88. The van der Waals surface area contributed by atoms with E-state index in [0.717, 1.165) is 11.6 Å². The molecule has 15 heteroatoms. The molecule has 0 N–H and O–H groups in total. The third-order valence-corrected chi connectivity index (χ3v) is 32.6. The highest BCUT2D eigenvalue weighted by Gasteiger charge is 2.50. The van der Waals surface area contributed by atoms with E-state index in [9.17, 15) is 0 Å². The molecule has 150 heavy (non-hydrogen) atoms. The van der Waals surface area contributed by atoms with Gasteiger partial charge in [-0.05, 0) is 250 Å². The number of pyridine rings is 5. The molecule has 0 fully saturated rings. The highest BCUT2D eigenvalue weighted by molar-refractivity contribution is 6.96. The van der Waals surface area contributed by atoms with Crippen LogP contribution in [0.3, 0.4) is 0 Å². The minimum absolute atomic E-state index is 0.109. The number of rotatable bonds is 0. The fraction of sp³-hybridized carbons (Fsp3) is 0. The summed E-state index contributed by atoms with van der Waals surface area (Å²) in [6.45, 7) is 0.646. The van der Waals surface area contributed by atoms with Gasteiger partial charge >= 0.3 is 34.2 Å². The second kappa shape index (κ2) is 34.2. The van der Waals surface area contributed by atoms with E-state index < -0.39 is 0 Å². The van der Waals surface area contributed by atoms with Crippen molar-refractivity contribution in [2.75, 3.05) is 24.1 Å². The van der Waals surface area contributed by atoms with E-state index in [1.54, 1.807) is 0 Å². The van der Waals surface area contributed by atoms with Crippen molar-refractivity contribution in [2.24, 2.45) is 0 Å². The van der Waals surface area contributed by atoms with Crippen LogP contribution in [-0.4, -0.2) is 59.2 Å². The van der Waals surface area contributed by atoms with Gasteiger partial charge in [0.25, 0.3) is 0 Å². The molecule has 15 heterocycles. The number of nitrogens with zero attached hydrogens (tertiary/aromatic N) is 10. The first-order chi connectivity index (χ1) is 74.5. The third kappa shape index (κ3) is 13.0. The Labute approximate surface area is 870 Å². The fourth-order valence-electron chi connectivity index (χ4n) is 26.3. The van der Waals surface area contributed by atoms with Crippen molar-refractivity contribution in [3.8, 4) is 111 Å². The number of anilines is 10. The Morgan fingerprint density at radius 2 is 0.413 bits per heavy atom. The second-order valence-corrected chi connectivity index (χ2v) is 40.2. The Bertz CT molecular complexity index is 9010. The van der Waals surface area contributed by atoms with Crippen LogP contribution in [0.5, 0.6) is 0 Å². The summed E-state index contributed by atoms with van der Waals surface area (Å²) in [4.78, 5) is 35.6. The minimum Gasteiger partial charge on any atom is -0.375 e. The minimum atomic E-state index is 0.109. The SMILES string of the molecule is c1ccc2c(c1)B1c3cc4ccccc4cc3-c3ccccc3N1c1cnccc1-2.c1ccc2c(c1)B1c3cc4ccccc4cc3-c3ccccc3N1c1ncccc1-2.c1ccc2c(c1)B1c3ccccc3-c3cc4ccccc4cc3N1c1cnccc1-2.c1ccc2c(c1)B1c3ccccc3-c3ccc4ccccc4c3N1c1ccncc1-2.c1ccc2c(c1)B1c3ccccc3-c3cccnc3N1c1cc3ccccc3cc1-2. The molecule has 0 radical (unpaired) electrons. The third-order valence-electron chi connectivity index (χ3n) is 32.6. The van der Waals surface area contributed by atoms with Gasteiger partial charge in [0.1, 0.15) is 11.6 Å². The molecule has 10 aliphatic rings. The summed E-state index contributed by atoms with van der Waals surface area (Å²) >= 11 is 0. The first-order valence-corrected chi connectivity index (χ1v) is 51.8. The second-order valence-electron chi connectivity index (χ2n) is 40.2. The van der Waals surface area contributed by atoms with Gasteiger partial charge in [0.15, 0.2) is 0 Å². The van der Waals surface area contributed by atoms with E-state index in [1.165, 1.54) is 265 Å². The molecular weight excluding hydrogens is 1820 g/mol. The molecule has 690 valence electrons. The van der Waals surface area contributed by atoms with E-state index in [0.29, 0.717) is 0 Å². The number of fused-ring (bicyclic) bond motifs is 61. The number of hydrogen-bond acceptors (Lipinski definition) is 10. The molecule has 20 aromatic carbocycles. The van der Waals surface area contributed by atoms with Gasteiger partial charge in [0, 0.05) is 145 Å². The van der Waals surface area contributed by atoms with Gasteiger partial charge in [-0.25, -0.2) is 9.97 Å². The van der Waals surface area contributed by atoms with Crippen LogP contribution in [0.2, 0.25) is 0 Å². The molecule has 25 aromatic rings. The zero-order valence-electron chi connectivity index (χ0n) is 81.4. The summed E-state index contributed by atoms with van der Waals surface area (Å²) in [6, 6.07) is 170. The Balaban J connectivity index is 0.0000000844. The molecule has 0 unspecified atom stereocenters. The molecule has 0 saturated carbocycles. The predicted octanol–water partition coefficient (Wildman–Crippen LogP) is 25.7. The van der Waals surface area contributed by atoms with Crippen molar-refractivity contribution in [3.05, 3.63) is 517 Å². The van der Waals surface area contributed by atoms with Crippen molar-refractivity contribution >= 4 is 200 Å². The Hall–Kier alpha value is -19.2.